The van der Waals surface area contributed by atoms with E-state index < -0.39 is 0 Å². The summed E-state index contributed by atoms with van der Waals surface area (Å²) in [6, 6.07) is 20.7. The van der Waals surface area contributed by atoms with Crippen LogP contribution in [0.15, 0.2) is 60.7 Å². The highest BCUT2D eigenvalue weighted by Gasteiger charge is 2.32. The number of hydrogen-bond acceptors (Lipinski definition) is 3. The quantitative estimate of drug-likeness (QED) is 0.658. The minimum Gasteiger partial charge on any atom is -0.380 e. The fraction of sp³-hybridized carbons (Fsp3) is 0.360. The fourth-order valence-corrected chi connectivity index (χ4v) is 4.71. The predicted molar refractivity (Wildman–Crippen MR) is 119 cm³/mol. The van der Waals surface area contributed by atoms with Crippen molar-refractivity contribution in [2.75, 3.05) is 18.4 Å². The molecule has 2 heterocycles. The van der Waals surface area contributed by atoms with E-state index in [2.05, 4.69) is 29.6 Å². The van der Waals surface area contributed by atoms with E-state index >= 15 is 0 Å². The zero-order chi connectivity index (χ0) is 20.3. The molecule has 5 nitrogen and oxygen atoms in total. The molecule has 5 rings (SSSR count). The maximum absolute atomic E-state index is 13.5. The Morgan fingerprint density at radius 3 is 2.47 bits per heavy atom. The molecular weight excluding hydrogens is 372 g/mol. The second-order valence-electron chi connectivity index (χ2n) is 8.33. The molecule has 1 N–H and O–H groups in total. The van der Waals surface area contributed by atoms with E-state index in [0.717, 1.165) is 56.6 Å². The van der Waals surface area contributed by atoms with E-state index in [9.17, 15) is 4.79 Å². The van der Waals surface area contributed by atoms with Crippen LogP contribution in [0.4, 0.5) is 5.69 Å². The molecule has 154 valence electrons. The Morgan fingerprint density at radius 2 is 1.67 bits per heavy atom. The molecule has 2 aromatic carbocycles. The monoisotopic (exact) mass is 400 g/mol. The average molecular weight is 401 g/mol. The molecule has 1 unspecified atom stereocenters. The molecule has 1 aliphatic heterocycles. The van der Waals surface area contributed by atoms with E-state index in [0.29, 0.717) is 5.69 Å². The molecule has 1 fully saturated rings. The number of aromatic nitrogens is 2. The van der Waals surface area contributed by atoms with Crippen LogP contribution >= 0.6 is 0 Å². The van der Waals surface area contributed by atoms with Crippen LogP contribution in [0.3, 0.4) is 0 Å². The van der Waals surface area contributed by atoms with Crippen molar-refractivity contribution in [2.24, 2.45) is 0 Å². The normalized spacial score (nSPS) is 18.7. The molecule has 1 aromatic heterocycles. The topological polar surface area (TPSA) is 50.2 Å². The third-order valence-corrected chi connectivity index (χ3v) is 6.25. The lowest BCUT2D eigenvalue weighted by Gasteiger charge is -2.17. The van der Waals surface area contributed by atoms with E-state index in [-0.39, 0.29) is 11.9 Å². The smallest absolute Gasteiger partial charge is 0.274 e. The number of amides is 1. The Bertz CT molecular complexity index is 1010. The van der Waals surface area contributed by atoms with Crippen molar-refractivity contribution in [3.05, 3.63) is 77.6 Å². The Balaban J connectivity index is 1.40. The van der Waals surface area contributed by atoms with Gasteiger partial charge in [-0.1, -0.05) is 42.8 Å². The highest BCUT2D eigenvalue weighted by atomic mass is 16.2. The third-order valence-electron chi connectivity index (χ3n) is 6.25. The maximum Gasteiger partial charge on any atom is 0.274 e. The number of nitrogens with zero attached hydrogens (tertiary/aromatic N) is 3. The van der Waals surface area contributed by atoms with Crippen molar-refractivity contribution >= 4 is 11.6 Å². The molecule has 0 bridgehead atoms. The summed E-state index contributed by atoms with van der Waals surface area (Å²) in [6.07, 6.45) is 6.40. The van der Waals surface area contributed by atoms with E-state index in [1.54, 1.807) is 0 Å². The van der Waals surface area contributed by atoms with Gasteiger partial charge in [-0.25, -0.2) is 4.68 Å². The van der Waals surface area contributed by atoms with Crippen molar-refractivity contribution in [3.63, 3.8) is 0 Å². The Labute approximate surface area is 177 Å². The first-order valence-corrected chi connectivity index (χ1v) is 11.1. The number of benzene rings is 2. The molecule has 1 amide bonds. The van der Waals surface area contributed by atoms with Gasteiger partial charge in [-0.2, -0.15) is 5.10 Å². The Morgan fingerprint density at radius 1 is 0.933 bits per heavy atom. The van der Waals surface area contributed by atoms with Crippen LogP contribution in [-0.4, -0.2) is 39.7 Å². The van der Waals surface area contributed by atoms with Gasteiger partial charge in [0.2, 0.25) is 0 Å². The Kier molecular flexibility index (Phi) is 5.26. The van der Waals surface area contributed by atoms with Crippen molar-refractivity contribution in [2.45, 2.75) is 44.6 Å². The summed E-state index contributed by atoms with van der Waals surface area (Å²) in [4.78, 5) is 15.5. The number of carbonyl (C=O) groups is 1. The molecule has 1 aliphatic carbocycles. The first kappa shape index (κ1) is 18.9. The first-order valence-electron chi connectivity index (χ1n) is 11.1. The summed E-state index contributed by atoms with van der Waals surface area (Å²) in [5, 5.41) is 8.42. The lowest BCUT2D eigenvalue weighted by Crippen LogP contribution is -2.32. The molecule has 2 aliphatic rings. The van der Waals surface area contributed by atoms with Crippen molar-refractivity contribution in [1.82, 2.24) is 14.7 Å². The fourth-order valence-electron chi connectivity index (χ4n) is 4.71. The number of carbonyl (C=O) groups excluding carboxylic acids is 1. The van der Waals surface area contributed by atoms with Gasteiger partial charge in [-0.3, -0.25) is 4.79 Å². The summed E-state index contributed by atoms with van der Waals surface area (Å²) in [7, 11) is 0. The molecule has 0 radical (unpaired) electrons. The van der Waals surface area contributed by atoms with Gasteiger partial charge in [0.05, 0.1) is 5.69 Å². The number of nitrogens with one attached hydrogen (secondary N) is 1. The highest BCUT2D eigenvalue weighted by Crippen LogP contribution is 2.28. The van der Waals surface area contributed by atoms with Gasteiger partial charge >= 0.3 is 0 Å². The van der Waals surface area contributed by atoms with Crippen LogP contribution in [0.5, 0.6) is 0 Å². The lowest BCUT2D eigenvalue weighted by atomic mass is 10.1. The van der Waals surface area contributed by atoms with E-state index in [4.69, 9.17) is 5.10 Å². The second kappa shape index (κ2) is 8.34. The van der Waals surface area contributed by atoms with Crippen LogP contribution in [0.2, 0.25) is 0 Å². The predicted octanol–water partition coefficient (Wildman–Crippen LogP) is 4.47. The van der Waals surface area contributed by atoms with Crippen molar-refractivity contribution in [1.29, 1.82) is 0 Å². The molecule has 0 spiro atoms. The molecule has 1 saturated heterocycles. The van der Waals surface area contributed by atoms with Crippen molar-refractivity contribution < 1.29 is 4.79 Å². The molecule has 1 atom stereocenters. The largest absolute Gasteiger partial charge is 0.380 e. The van der Waals surface area contributed by atoms with Crippen LogP contribution in [0, 0.1) is 0 Å². The summed E-state index contributed by atoms with van der Waals surface area (Å²) in [5.74, 6) is 0.0835. The number of likely N-dealkylation sites (tertiary alicyclic amines) is 1. The van der Waals surface area contributed by atoms with Gasteiger partial charge in [0.25, 0.3) is 5.91 Å². The zero-order valence-electron chi connectivity index (χ0n) is 17.3. The Hall–Kier alpha value is -3.08. The number of fused-ring (bicyclic) bond motifs is 1. The SMILES string of the molecule is O=C(c1nn(-c2ccccc2)c2c1CCCCC2)N1CCC(Nc2ccccc2)C1. The zero-order valence-corrected chi connectivity index (χ0v) is 17.3. The molecule has 5 heteroatoms. The third kappa shape index (κ3) is 3.72. The van der Waals surface area contributed by atoms with Gasteiger partial charge in [-0.05, 0) is 56.4 Å². The van der Waals surface area contributed by atoms with Gasteiger partial charge < -0.3 is 10.2 Å². The van der Waals surface area contributed by atoms with Gasteiger partial charge in [-0.15, -0.1) is 0 Å². The summed E-state index contributed by atoms with van der Waals surface area (Å²) < 4.78 is 2.02. The highest BCUT2D eigenvalue weighted by molar-refractivity contribution is 5.94. The average Bonchev–Trinajstić information content (AvgIpc) is 3.32. The van der Waals surface area contributed by atoms with Crippen molar-refractivity contribution in [3.8, 4) is 5.69 Å². The number of hydrogen-bond donors (Lipinski definition) is 1. The number of anilines is 1. The lowest BCUT2D eigenvalue weighted by molar-refractivity contribution is 0.0784. The summed E-state index contributed by atoms with van der Waals surface area (Å²) in [6.45, 7) is 1.50. The summed E-state index contributed by atoms with van der Waals surface area (Å²) >= 11 is 0. The van der Waals surface area contributed by atoms with Crippen LogP contribution in [0.1, 0.15) is 47.4 Å². The molecule has 3 aromatic rings. The standard InChI is InChI=1S/C25H28N4O/c30-25(28-17-16-20(18-28)26-19-10-4-1-5-11-19)24-22-14-8-3-9-15-23(22)29(27-24)21-12-6-2-7-13-21/h1-2,4-7,10-13,20,26H,3,8-9,14-18H2. The van der Waals surface area contributed by atoms with Crippen LogP contribution < -0.4 is 5.32 Å². The van der Waals surface area contributed by atoms with Gasteiger partial charge in [0, 0.05) is 36.1 Å². The maximum atomic E-state index is 13.5. The first-order chi connectivity index (χ1) is 14.8. The second-order valence-corrected chi connectivity index (χ2v) is 8.33. The van der Waals surface area contributed by atoms with Crippen LogP contribution in [-0.2, 0) is 12.8 Å². The number of para-hydroxylation sites is 2. The van der Waals surface area contributed by atoms with Gasteiger partial charge in [0.15, 0.2) is 5.69 Å². The molecular formula is C25H28N4O. The minimum absolute atomic E-state index is 0.0835. The summed E-state index contributed by atoms with van der Waals surface area (Å²) in [5.41, 5.74) is 5.20. The molecule has 30 heavy (non-hydrogen) atoms. The minimum atomic E-state index is 0.0835. The number of rotatable bonds is 4. The van der Waals surface area contributed by atoms with E-state index in [1.807, 2.05) is 46.0 Å². The van der Waals surface area contributed by atoms with Crippen LogP contribution in [0.25, 0.3) is 5.69 Å². The van der Waals surface area contributed by atoms with Gasteiger partial charge in [0.1, 0.15) is 0 Å². The van der Waals surface area contributed by atoms with E-state index in [1.165, 1.54) is 17.7 Å². The molecule has 0 saturated carbocycles.